The van der Waals surface area contributed by atoms with Crippen molar-refractivity contribution in [3.8, 4) is 0 Å². The second kappa shape index (κ2) is 6.39. The molecule has 4 nitrogen and oxygen atoms in total. The molecule has 0 amide bonds. The summed E-state index contributed by atoms with van der Waals surface area (Å²) in [4.78, 5) is 4.26. The second-order valence-corrected chi connectivity index (χ2v) is 7.88. The summed E-state index contributed by atoms with van der Waals surface area (Å²) in [5, 5.41) is 2.69. The van der Waals surface area contributed by atoms with Crippen LogP contribution in [0.1, 0.15) is 16.3 Å². The minimum Gasteiger partial charge on any atom is -0.245 e. The summed E-state index contributed by atoms with van der Waals surface area (Å²) in [7, 11) is -2.24. The van der Waals surface area contributed by atoms with Crippen molar-refractivity contribution in [3.05, 3.63) is 45.7 Å². The van der Waals surface area contributed by atoms with Crippen LogP contribution in [0.3, 0.4) is 0 Å². The molecular formula is C13H14ClFN2O2S2. The minimum absolute atomic E-state index is 0.0222. The van der Waals surface area contributed by atoms with Crippen LogP contribution >= 0.6 is 22.9 Å². The van der Waals surface area contributed by atoms with Gasteiger partial charge in [-0.3, -0.25) is 0 Å². The third-order valence-corrected chi connectivity index (χ3v) is 5.83. The molecule has 1 aromatic carbocycles. The third kappa shape index (κ3) is 3.60. The predicted octanol–water partition coefficient (Wildman–Crippen LogP) is 3.15. The lowest BCUT2D eigenvalue weighted by molar-refractivity contribution is 0.462. The summed E-state index contributed by atoms with van der Waals surface area (Å²) in [6, 6.07) is 3.62. The molecule has 0 saturated heterocycles. The lowest BCUT2D eigenvalue weighted by Gasteiger charge is -2.16. The van der Waals surface area contributed by atoms with Gasteiger partial charge in [-0.15, -0.1) is 22.9 Å². The molecule has 0 aliphatic carbocycles. The molecule has 0 aliphatic heterocycles. The summed E-state index contributed by atoms with van der Waals surface area (Å²) < 4.78 is 39.5. The van der Waals surface area contributed by atoms with Gasteiger partial charge in [-0.2, -0.15) is 4.31 Å². The Bertz CT molecular complexity index is 746. The monoisotopic (exact) mass is 348 g/mol. The molecule has 1 heterocycles. The number of hydrogen-bond donors (Lipinski definition) is 0. The lowest BCUT2D eigenvalue weighted by atomic mass is 10.2. The molecule has 2 aromatic rings. The van der Waals surface area contributed by atoms with Gasteiger partial charge in [0.25, 0.3) is 0 Å². The first-order valence-corrected chi connectivity index (χ1v) is 8.91. The first-order valence-electron chi connectivity index (χ1n) is 6.06. The summed E-state index contributed by atoms with van der Waals surface area (Å²) in [5.74, 6) is -0.591. The zero-order valence-electron chi connectivity index (χ0n) is 11.5. The summed E-state index contributed by atoms with van der Waals surface area (Å²) in [6.45, 7) is 2.02. The van der Waals surface area contributed by atoms with Gasteiger partial charge in [-0.1, -0.05) is 0 Å². The average molecular weight is 349 g/mol. The van der Waals surface area contributed by atoms with Gasteiger partial charge in [0.2, 0.25) is 10.0 Å². The van der Waals surface area contributed by atoms with E-state index in [-0.39, 0.29) is 22.9 Å². The first kappa shape index (κ1) is 16.4. The Morgan fingerprint density at radius 3 is 2.71 bits per heavy atom. The fourth-order valence-corrected chi connectivity index (χ4v) is 3.79. The molecule has 0 saturated carbocycles. The van der Waals surface area contributed by atoms with Gasteiger partial charge in [0.1, 0.15) is 5.82 Å². The largest absolute Gasteiger partial charge is 0.245 e. The number of alkyl halides is 1. The highest BCUT2D eigenvalue weighted by Crippen LogP contribution is 2.21. The number of thiazole rings is 1. The molecule has 1 aromatic heterocycles. The van der Waals surface area contributed by atoms with Gasteiger partial charge >= 0.3 is 0 Å². The minimum atomic E-state index is -3.70. The number of aromatic nitrogens is 1. The van der Waals surface area contributed by atoms with Crippen molar-refractivity contribution >= 4 is 33.0 Å². The zero-order valence-corrected chi connectivity index (χ0v) is 13.9. The molecular weight excluding hydrogens is 335 g/mol. The third-order valence-electron chi connectivity index (χ3n) is 2.92. The molecule has 0 unspecified atom stereocenters. The van der Waals surface area contributed by atoms with Gasteiger partial charge in [-0.25, -0.2) is 17.8 Å². The van der Waals surface area contributed by atoms with Crippen LogP contribution in [0, 0.1) is 12.7 Å². The van der Waals surface area contributed by atoms with E-state index in [9.17, 15) is 12.8 Å². The quantitative estimate of drug-likeness (QED) is 0.780. The molecule has 0 fully saturated rings. The van der Waals surface area contributed by atoms with Crippen molar-refractivity contribution < 1.29 is 12.8 Å². The Morgan fingerprint density at radius 1 is 1.43 bits per heavy atom. The standard InChI is InChI=1S/C13H14ClFN2O2S2/c1-9-16-11(8-20-9)7-17(2)21(18,19)12-3-4-13(15)10(5-12)6-14/h3-5,8H,6-7H2,1-2H3. The van der Waals surface area contributed by atoms with E-state index in [0.29, 0.717) is 5.69 Å². The van der Waals surface area contributed by atoms with Crippen molar-refractivity contribution in [3.63, 3.8) is 0 Å². The number of halogens is 2. The van der Waals surface area contributed by atoms with E-state index < -0.39 is 15.8 Å². The first-order chi connectivity index (χ1) is 9.84. The van der Waals surface area contributed by atoms with E-state index in [2.05, 4.69) is 4.98 Å². The number of benzene rings is 1. The van der Waals surface area contributed by atoms with E-state index in [1.165, 1.54) is 34.8 Å². The molecule has 21 heavy (non-hydrogen) atoms. The van der Waals surface area contributed by atoms with E-state index in [1.807, 2.05) is 12.3 Å². The van der Waals surface area contributed by atoms with Crippen LogP contribution in [0.2, 0.25) is 0 Å². The molecule has 0 atom stereocenters. The highest BCUT2D eigenvalue weighted by Gasteiger charge is 2.22. The number of aryl methyl sites for hydroxylation is 1. The predicted molar refractivity (Wildman–Crippen MR) is 81.5 cm³/mol. The Morgan fingerprint density at radius 2 is 2.14 bits per heavy atom. The molecule has 114 valence electrons. The molecule has 0 spiro atoms. The molecule has 0 radical (unpaired) electrons. The van der Waals surface area contributed by atoms with Crippen LogP contribution in [-0.2, 0) is 22.4 Å². The van der Waals surface area contributed by atoms with Crippen LogP contribution in [0.5, 0.6) is 0 Å². The van der Waals surface area contributed by atoms with Gasteiger partial charge in [-0.05, 0) is 25.1 Å². The summed E-state index contributed by atoms with van der Waals surface area (Å²) in [5.41, 5.74) is 0.846. The maximum Gasteiger partial charge on any atom is 0.243 e. The zero-order chi connectivity index (χ0) is 15.6. The van der Waals surface area contributed by atoms with Crippen LogP contribution in [0.25, 0.3) is 0 Å². The number of rotatable bonds is 5. The average Bonchev–Trinajstić information content (AvgIpc) is 2.84. The second-order valence-electron chi connectivity index (χ2n) is 4.51. The topological polar surface area (TPSA) is 50.3 Å². The molecule has 2 rings (SSSR count). The van der Waals surface area contributed by atoms with Crippen LogP contribution in [0.15, 0.2) is 28.5 Å². The van der Waals surface area contributed by atoms with Gasteiger partial charge < -0.3 is 0 Å². The number of nitrogens with zero attached hydrogens (tertiary/aromatic N) is 2. The number of hydrogen-bond acceptors (Lipinski definition) is 4. The highest BCUT2D eigenvalue weighted by molar-refractivity contribution is 7.89. The molecule has 0 N–H and O–H groups in total. The van der Waals surface area contributed by atoms with Crippen molar-refractivity contribution in [2.75, 3.05) is 7.05 Å². The van der Waals surface area contributed by atoms with Gasteiger partial charge in [0.05, 0.1) is 28.0 Å². The summed E-state index contributed by atoms with van der Waals surface area (Å²) in [6.07, 6.45) is 0. The Labute approximate surface area is 132 Å². The smallest absolute Gasteiger partial charge is 0.243 e. The van der Waals surface area contributed by atoms with Crippen LogP contribution < -0.4 is 0 Å². The van der Waals surface area contributed by atoms with E-state index >= 15 is 0 Å². The maximum absolute atomic E-state index is 13.4. The fraction of sp³-hybridized carbons (Fsp3) is 0.308. The van der Waals surface area contributed by atoms with Gasteiger partial charge in [0.15, 0.2) is 0 Å². The fourth-order valence-electron chi connectivity index (χ4n) is 1.79. The molecule has 0 bridgehead atoms. The van der Waals surface area contributed by atoms with Crippen molar-refractivity contribution in [1.29, 1.82) is 0 Å². The highest BCUT2D eigenvalue weighted by atomic mass is 35.5. The Hall–Kier alpha value is -1.02. The van der Waals surface area contributed by atoms with Crippen molar-refractivity contribution in [2.24, 2.45) is 0 Å². The van der Waals surface area contributed by atoms with E-state index in [0.717, 1.165) is 11.1 Å². The van der Waals surface area contributed by atoms with Crippen molar-refractivity contribution in [2.45, 2.75) is 24.2 Å². The number of sulfonamides is 1. The Kier molecular flexibility index (Phi) is 4.98. The molecule has 8 heteroatoms. The van der Waals surface area contributed by atoms with Gasteiger partial charge in [0, 0.05) is 18.0 Å². The lowest BCUT2D eigenvalue weighted by Crippen LogP contribution is -2.26. The van der Waals surface area contributed by atoms with Crippen LogP contribution in [0.4, 0.5) is 4.39 Å². The normalized spacial score (nSPS) is 12.0. The van der Waals surface area contributed by atoms with E-state index in [4.69, 9.17) is 11.6 Å². The Balaban J connectivity index is 2.28. The molecule has 0 aliphatic rings. The van der Waals surface area contributed by atoms with E-state index in [1.54, 1.807) is 0 Å². The van der Waals surface area contributed by atoms with Crippen molar-refractivity contribution in [1.82, 2.24) is 9.29 Å². The van der Waals surface area contributed by atoms with Crippen LogP contribution in [-0.4, -0.2) is 24.8 Å². The maximum atomic E-state index is 13.4. The SMILES string of the molecule is Cc1nc(CN(C)S(=O)(=O)c2ccc(F)c(CCl)c2)cs1. The summed E-state index contributed by atoms with van der Waals surface area (Å²) >= 11 is 7.07.